The van der Waals surface area contributed by atoms with Crippen molar-refractivity contribution in [2.24, 2.45) is 0 Å². The predicted octanol–water partition coefficient (Wildman–Crippen LogP) is 4.66. The van der Waals surface area contributed by atoms with Crippen molar-refractivity contribution < 1.29 is 0 Å². The number of nitrogens with zero attached hydrogens (tertiary/aromatic N) is 2. The summed E-state index contributed by atoms with van der Waals surface area (Å²) >= 11 is 13.8. The number of thiophene rings is 1. The lowest BCUT2D eigenvalue weighted by molar-refractivity contribution is 0.625. The van der Waals surface area contributed by atoms with E-state index >= 15 is 0 Å². The first-order valence-corrected chi connectivity index (χ1v) is 8.03. The van der Waals surface area contributed by atoms with E-state index in [1.807, 2.05) is 17.4 Å². The van der Waals surface area contributed by atoms with Crippen LogP contribution in [0.25, 0.3) is 0 Å². The highest BCUT2D eigenvalue weighted by atomic mass is 35.5. The molecule has 3 rings (SSSR count). The second-order valence-corrected chi connectivity index (χ2v) is 6.36. The summed E-state index contributed by atoms with van der Waals surface area (Å²) in [5.41, 5.74) is 2.36. The predicted molar refractivity (Wildman–Crippen MR) is 82.6 cm³/mol. The number of fused-ring (bicyclic) bond motifs is 1. The Bertz CT molecular complexity index is 597. The molecule has 5 heteroatoms. The summed E-state index contributed by atoms with van der Waals surface area (Å²) in [6.07, 6.45) is 2.78. The maximum atomic E-state index is 6.07. The molecule has 2 nitrogen and oxygen atoms in total. The molecule has 0 aliphatic carbocycles. The molecule has 1 aliphatic heterocycles. The first kappa shape index (κ1) is 13.2. The van der Waals surface area contributed by atoms with Gasteiger partial charge in [0.25, 0.3) is 0 Å². The van der Waals surface area contributed by atoms with Crippen molar-refractivity contribution in [1.82, 2.24) is 4.98 Å². The molecule has 0 fully saturated rings. The Morgan fingerprint density at radius 1 is 1.53 bits per heavy atom. The zero-order valence-electron chi connectivity index (χ0n) is 10.6. The summed E-state index contributed by atoms with van der Waals surface area (Å²) in [4.78, 5) is 8.27. The number of halogens is 2. The third-order valence-electron chi connectivity index (χ3n) is 3.64. The summed E-state index contributed by atoms with van der Waals surface area (Å²) in [7, 11) is 0. The Hall–Kier alpha value is -0.770. The van der Waals surface area contributed by atoms with E-state index < -0.39 is 0 Å². The average molecular weight is 313 g/mol. The van der Waals surface area contributed by atoms with Gasteiger partial charge >= 0.3 is 0 Å². The normalized spacial score (nSPS) is 18.5. The van der Waals surface area contributed by atoms with Gasteiger partial charge in [-0.2, -0.15) is 0 Å². The minimum atomic E-state index is 0.354. The van der Waals surface area contributed by atoms with Gasteiger partial charge in [-0.3, -0.25) is 0 Å². The molecule has 1 aliphatic rings. The van der Waals surface area contributed by atoms with Crippen LogP contribution in [0.2, 0.25) is 5.02 Å². The van der Waals surface area contributed by atoms with E-state index in [0.717, 1.165) is 24.3 Å². The van der Waals surface area contributed by atoms with Crippen LogP contribution in [0.3, 0.4) is 0 Å². The summed E-state index contributed by atoms with van der Waals surface area (Å²) in [5.74, 6) is 1.38. The molecule has 100 valence electrons. The van der Waals surface area contributed by atoms with Gasteiger partial charge in [0.05, 0.1) is 11.1 Å². The Morgan fingerprint density at radius 2 is 2.37 bits per heavy atom. The molecule has 0 amide bonds. The lowest BCUT2D eigenvalue weighted by atomic mass is 10.0. The van der Waals surface area contributed by atoms with Crippen LogP contribution in [0.4, 0.5) is 5.82 Å². The van der Waals surface area contributed by atoms with Gasteiger partial charge in [0, 0.05) is 23.5 Å². The molecule has 19 heavy (non-hydrogen) atoms. The molecule has 0 N–H and O–H groups in total. The topological polar surface area (TPSA) is 16.1 Å². The van der Waals surface area contributed by atoms with Crippen molar-refractivity contribution in [1.29, 1.82) is 0 Å². The molecule has 0 spiro atoms. The van der Waals surface area contributed by atoms with Crippen molar-refractivity contribution in [3.8, 4) is 0 Å². The van der Waals surface area contributed by atoms with Crippen LogP contribution in [0.15, 0.2) is 23.7 Å². The van der Waals surface area contributed by atoms with Gasteiger partial charge in [0.15, 0.2) is 0 Å². The van der Waals surface area contributed by atoms with Crippen molar-refractivity contribution in [3.63, 3.8) is 0 Å². The Labute approximate surface area is 127 Å². The Kier molecular flexibility index (Phi) is 3.70. The van der Waals surface area contributed by atoms with Crippen LogP contribution < -0.4 is 4.90 Å². The SMILES string of the molecule is CC1c2ccsc2CCN1c1cc(CCl)c(Cl)cn1. The first-order valence-electron chi connectivity index (χ1n) is 6.24. The number of hydrogen-bond donors (Lipinski definition) is 0. The van der Waals surface area contributed by atoms with Crippen molar-refractivity contribution >= 4 is 40.4 Å². The molecule has 0 saturated carbocycles. The maximum Gasteiger partial charge on any atom is 0.129 e. The second-order valence-electron chi connectivity index (χ2n) is 4.69. The highest BCUT2D eigenvalue weighted by molar-refractivity contribution is 7.10. The van der Waals surface area contributed by atoms with Crippen molar-refractivity contribution in [3.05, 3.63) is 44.7 Å². The van der Waals surface area contributed by atoms with E-state index in [-0.39, 0.29) is 0 Å². The minimum Gasteiger partial charge on any atom is -0.349 e. The quantitative estimate of drug-likeness (QED) is 0.750. The lowest BCUT2D eigenvalue weighted by Gasteiger charge is -2.34. The summed E-state index contributed by atoms with van der Waals surface area (Å²) in [5, 5.41) is 2.81. The maximum absolute atomic E-state index is 6.07. The number of hydrogen-bond acceptors (Lipinski definition) is 3. The van der Waals surface area contributed by atoms with Crippen LogP contribution in [-0.4, -0.2) is 11.5 Å². The van der Waals surface area contributed by atoms with E-state index in [4.69, 9.17) is 23.2 Å². The smallest absolute Gasteiger partial charge is 0.129 e. The number of rotatable bonds is 2. The van der Waals surface area contributed by atoms with Gasteiger partial charge in [-0.05, 0) is 42.0 Å². The largest absolute Gasteiger partial charge is 0.349 e. The van der Waals surface area contributed by atoms with Gasteiger partial charge in [-0.25, -0.2) is 4.98 Å². The molecule has 0 saturated heterocycles. The van der Waals surface area contributed by atoms with E-state index in [0.29, 0.717) is 16.9 Å². The van der Waals surface area contributed by atoms with Crippen LogP contribution in [0.1, 0.15) is 29.0 Å². The standard InChI is InChI=1S/C14H14Cl2N2S/c1-9-11-3-5-19-13(11)2-4-18(9)14-6-10(7-15)12(16)8-17-14/h3,5-6,8-9H,2,4,7H2,1H3. The van der Waals surface area contributed by atoms with Gasteiger partial charge in [0.2, 0.25) is 0 Å². The molecule has 0 bridgehead atoms. The minimum absolute atomic E-state index is 0.354. The van der Waals surface area contributed by atoms with E-state index in [1.54, 1.807) is 6.20 Å². The van der Waals surface area contributed by atoms with Crippen molar-refractivity contribution in [2.75, 3.05) is 11.4 Å². The number of anilines is 1. The van der Waals surface area contributed by atoms with E-state index in [9.17, 15) is 0 Å². The molecule has 2 aromatic rings. The molecule has 0 radical (unpaired) electrons. The Balaban J connectivity index is 1.95. The zero-order chi connectivity index (χ0) is 13.4. The third-order valence-corrected chi connectivity index (χ3v) is 5.26. The van der Waals surface area contributed by atoms with Gasteiger partial charge in [-0.1, -0.05) is 11.6 Å². The summed E-state index contributed by atoms with van der Waals surface area (Å²) in [6.45, 7) is 3.21. The zero-order valence-corrected chi connectivity index (χ0v) is 12.9. The highest BCUT2D eigenvalue weighted by Crippen LogP contribution is 2.36. The molecule has 3 heterocycles. The molecule has 1 unspecified atom stereocenters. The number of aromatic nitrogens is 1. The molecule has 0 aromatic carbocycles. The fraction of sp³-hybridized carbons (Fsp3) is 0.357. The van der Waals surface area contributed by atoms with Crippen molar-refractivity contribution in [2.45, 2.75) is 25.3 Å². The second kappa shape index (κ2) is 5.31. The molecular weight excluding hydrogens is 299 g/mol. The third kappa shape index (κ3) is 2.35. The van der Waals surface area contributed by atoms with Crippen LogP contribution in [-0.2, 0) is 12.3 Å². The van der Waals surface area contributed by atoms with E-state index in [1.165, 1.54) is 10.4 Å². The fourth-order valence-electron chi connectivity index (χ4n) is 2.55. The highest BCUT2D eigenvalue weighted by Gasteiger charge is 2.25. The van der Waals surface area contributed by atoms with Crippen LogP contribution in [0, 0.1) is 0 Å². The summed E-state index contributed by atoms with van der Waals surface area (Å²) < 4.78 is 0. The van der Waals surface area contributed by atoms with Gasteiger partial charge < -0.3 is 4.90 Å². The summed E-state index contributed by atoms with van der Waals surface area (Å²) in [6, 6.07) is 4.57. The number of alkyl halides is 1. The monoisotopic (exact) mass is 312 g/mol. The molecule has 2 aromatic heterocycles. The van der Waals surface area contributed by atoms with Crippen LogP contribution >= 0.6 is 34.5 Å². The fourth-order valence-corrected chi connectivity index (χ4v) is 3.97. The number of pyridine rings is 1. The average Bonchev–Trinajstić information content (AvgIpc) is 2.89. The van der Waals surface area contributed by atoms with E-state index in [2.05, 4.69) is 28.3 Å². The van der Waals surface area contributed by atoms with Gasteiger partial charge in [-0.15, -0.1) is 22.9 Å². The first-order chi connectivity index (χ1) is 9.20. The molecule has 1 atom stereocenters. The lowest BCUT2D eigenvalue weighted by Crippen LogP contribution is -2.33. The van der Waals surface area contributed by atoms with Crippen LogP contribution in [0.5, 0.6) is 0 Å². The Morgan fingerprint density at radius 3 is 3.16 bits per heavy atom. The van der Waals surface area contributed by atoms with Gasteiger partial charge in [0.1, 0.15) is 5.82 Å². The molecular formula is C14H14Cl2N2S.